The predicted molar refractivity (Wildman–Crippen MR) is 135 cm³/mol. The predicted octanol–water partition coefficient (Wildman–Crippen LogP) is 3.40. The van der Waals surface area contributed by atoms with Crippen LogP contribution in [0.4, 0.5) is 19.4 Å². The zero-order chi connectivity index (χ0) is 26.8. The highest BCUT2D eigenvalue weighted by Gasteiger charge is 2.24. The number of halogens is 2. The van der Waals surface area contributed by atoms with E-state index in [0.29, 0.717) is 29.6 Å². The normalized spacial score (nSPS) is 15.3. The fraction of sp³-hybridized carbons (Fsp3) is 0.385. The lowest BCUT2D eigenvalue weighted by atomic mass is 9.98. The van der Waals surface area contributed by atoms with Crippen molar-refractivity contribution in [3.05, 3.63) is 77.0 Å². The Morgan fingerprint density at radius 3 is 2.54 bits per heavy atom. The number of nitrogens with zero attached hydrogens (tertiary/aromatic N) is 3. The zero-order valence-electron chi connectivity index (χ0n) is 21.0. The van der Waals surface area contributed by atoms with Gasteiger partial charge in [-0.2, -0.15) is 5.10 Å². The summed E-state index contributed by atoms with van der Waals surface area (Å²) < 4.78 is 37.5. The highest BCUT2D eigenvalue weighted by atomic mass is 19.2. The van der Waals surface area contributed by atoms with Crippen molar-refractivity contribution in [2.45, 2.75) is 25.6 Å². The fourth-order valence-corrected chi connectivity index (χ4v) is 4.21. The molecule has 0 bridgehead atoms. The molecular formula is C26H33F2N5O4. The number of likely N-dealkylation sites (tertiary alicyclic amines) is 1. The molecule has 11 heteroatoms. The topological polar surface area (TPSA) is 115 Å². The van der Waals surface area contributed by atoms with Crippen LogP contribution in [0.3, 0.4) is 0 Å². The van der Waals surface area contributed by atoms with Gasteiger partial charge in [-0.1, -0.05) is 24.3 Å². The lowest BCUT2D eigenvalue weighted by Crippen LogP contribution is -2.24. The summed E-state index contributed by atoms with van der Waals surface area (Å²) >= 11 is 0. The van der Waals surface area contributed by atoms with Crippen LogP contribution in [-0.2, 0) is 22.7 Å². The molecule has 1 aliphatic heterocycles. The number of amides is 2. The molecule has 37 heavy (non-hydrogen) atoms. The van der Waals surface area contributed by atoms with Gasteiger partial charge in [-0.15, -0.1) is 0 Å². The smallest absolute Gasteiger partial charge is 0.317 e. The molecule has 1 aromatic heterocycles. The van der Waals surface area contributed by atoms with E-state index in [4.69, 9.17) is 15.2 Å². The number of primary amides is 1. The number of carbonyl (C=O) groups excluding carboxylic acids is 1. The number of nitrogens with one attached hydrogen (secondary N) is 1. The number of urea groups is 1. The van der Waals surface area contributed by atoms with Crippen molar-refractivity contribution >= 4 is 11.8 Å². The van der Waals surface area contributed by atoms with Crippen LogP contribution in [-0.4, -0.2) is 66.3 Å². The Kier molecular flexibility index (Phi) is 10.5. The first kappa shape index (κ1) is 28.2. The second-order valence-corrected chi connectivity index (χ2v) is 8.55. The van der Waals surface area contributed by atoms with Gasteiger partial charge in [0.2, 0.25) is 0 Å². The van der Waals surface area contributed by atoms with Crippen LogP contribution in [0.25, 0.3) is 5.69 Å². The Bertz CT molecular complexity index is 1160. The number of hydrogen-bond acceptors (Lipinski definition) is 6. The molecule has 1 atom stereocenters. The van der Waals surface area contributed by atoms with Gasteiger partial charge in [0.05, 0.1) is 31.2 Å². The molecule has 0 saturated carbocycles. The molecule has 200 valence electrons. The third-order valence-electron chi connectivity index (χ3n) is 6.05. The minimum Gasteiger partial charge on any atom is -0.391 e. The summed E-state index contributed by atoms with van der Waals surface area (Å²) in [4.78, 5) is 13.4. The van der Waals surface area contributed by atoms with E-state index in [1.54, 1.807) is 13.2 Å². The van der Waals surface area contributed by atoms with E-state index in [-0.39, 0.29) is 13.2 Å². The van der Waals surface area contributed by atoms with Gasteiger partial charge in [0.25, 0.3) is 0 Å². The van der Waals surface area contributed by atoms with E-state index >= 15 is 0 Å². The Morgan fingerprint density at radius 2 is 1.92 bits per heavy atom. The van der Waals surface area contributed by atoms with Crippen LogP contribution in [0, 0.1) is 11.6 Å². The summed E-state index contributed by atoms with van der Waals surface area (Å²) in [6.07, 6.45) is 0.995. The summed E-state index contributed by atoms with van der Waals surface area (Å²) in [5.74, 6) is -0.874. The number of para-hydroxylation sites is 1. The first-order valence-electron chi connectivity index (χ1n) is 11.9. The fourth-order valence-electron chi connectivity index (χ4n) is 4.21. The maximum atomic E-state index is 13.1. The molecule has 9 nitrogen and oxygen atoms in total. The zero-order valence-corrected chi connectivity index (χ0v) is 21.0. The van der Waals surface area contributed by atoms with Crippen LogP contribution in [0.15, 0.2) is 48.5 Å². The van der Waals surface area contributed by atoms with Gasteiger partial charge in [0.15, 0.2) is 11.6 Å². The Labute approximate surface area is 214 Å². The average molecular weight is 518 g/mol. The molecule has 1 saturated heterocycles. The Morgan fingerprint density at radius 1 is 1.16 bits per heavy atom. The van der Waals surface area contributed by atoms with Gasteiger partial charge in [0.1, 0.15) is 5.82 Å². The molecule has 0 aliphatic carbocycles. The number of aromatic nitrogens is 2. The summed E-state index contributed by atoms with van der Waals surface area (Å²) in [6, 6.07) is 12.7. The number of nitrogens with two attached hydrogens (primary N) is 1. The third-order valence-corrected chi connectivity index (χ3v) is 6.05. The minimum atomic E-state index is -0.775. The number of anilines is 1. The summed E-state index contributed by atoms with van der Waals surface area (Å²) in [6.45, 7) is 3.45. The van der Waals surface area contributed by atoms with Gasteiger partial charge in [0, 0.05) is 32.9 Å². The molecule has 3 aromatic rings. The van der Waals surface area contributed by atoms with E-state index < -0.39 is 17.7 Å². The number of aliphatic hydroxyl groups is 1. The van der Waals surface area contributed by atoms with Crippen LogP contribution in [0.5, 0.6) is 0 Å². The van der Waals surface area contributed by atoms with Gasteiger partial charge in [-0.05, 0) is 48.7 Å². The molecule has 2 aromatic carbocycles. The highest BCUT2D eigenvalue weighted by molar-refractivity contribution is 5.88. The number of aliphatic hydroxyl groups excluding tert-OH is 1. The van der Waals surface area contributed by atoms with Crippen molar-refractivity contribution in [2.75, 3.05) is 45.8 Å². The largest absolute Gasteiger partial charge is 0.391 e. The van der Waals surface area contributed by atoms with Crippen molar-refractivity contribution < 1.29 is 28.2 Å². The molecule has 1 fully saturated rings. The molecule has 4 rings (SSSR count). The third kappa shape index (κ3) is 7.56. The maximum Gasteiger partial charge on any atom is 0.317 e. The van der Waals surface area contributed by atoms with E-state index in [9.17, 15) is 18.7 Å². The van der Waals surface area contributed by atoms with Crippen LogP contribution in [0.2, 0.25) is 0 Å². The monoisotopic (exact) mass is 517 g/mol. The molecule has 0 radical (unpaired) electrons. The van der Waals surface area contributed by atoms with Crippen molar-refractivity contribution in [2.24, 2.45) is 5.73 Å². The van der Waals surface area contributed by atoms with Crippen molar-refractivity contribution in [3.8, 4) is 5.69 Å². The number of rotatable bonds is 9. The molecule has 2 heterocycles. The quantitative estimate of drug-likeness (QED) is 0.401. The summed E-state index contributed by atoms with van der Waals surface area (Å²) in [5.41, 5.74) is 7.84. The first-order chi connectivity index (χ1) is 17.9. The SMILES string of the molecule is COCCN1CCC(c2ccc(F)c(F)c2)C1.COCc1nn(-c2ccccc2)c(NC(N)=O)c1CO. The number of carbonyl (C=O) groups is 1. The lowest BCUT2D eigenvalue weighted by molar-refractivity contribution is 0.160. The Balaban J connectivity index is 0.000000208. The van der Waals surface area contributed by atoms with Crippen LogP contribution >= 0.6 is 0 Å². The second-order valence-electron chi connectivity index (χ2n) is 8.55. The van der Waals surface area contributed by atoms with E-state index in [2.05, 4.69) is 15.3 Å². The van der Waals surface area contributed by atoms with Gasteiger partial charge in [-0.3, -0.25) is 5.32 Å². The summed E-state index contributed by atoms with van der Waals surface area (Å²) in [7, 11) is 3.22. The average Bonchev–Trinajstić information content (AvgIpc) is 3.50. The van der Waals surface area contributed by atoms with Crippen LogP contribution < -0.4 is 11.1 Å². The molecular weight excluding hydrogens is 484 g/mol. The van der Waals surface area contributed by atoms with Crippen molar-refractivity contribution in [1.29, 1.82) is 0 Å². The molecule has 1 aliphatic rings. The number of hydrogen-bond donors (Lipinski definition) is 3. The Hall–Kier alpha value is -3.38. The number of methoxy groups -OCH3 is 2. The van der Waals surface area contributed by atoms with E-state index in [1.165, 1.54) is 23.9 Å². The van der Waals surface area contributed by atoms with E-state index in [1.807, 2.05) is 30.3 Å². The van der Waals surface area contributed by atoms with Gasteiger partial charge >= 0.3 is 6.03 Å². The second kappa shape index (κ2) is 13.8. The number of ether oxygens (including phenoxy) is 2. The van der Waals surface area contributed by atoms with Crippen LogP contribution in [0.1, 0.15) is 29.2 Å². The summed E-state index contributed by atoms with van der Waals surface area (Å²) in [5, 5.41) is 16.3. The highest BCUT2D eigenvalue weighted by Crippen LogP contribution is 2.28. The van der Waals surface area contributed by atoms with Gasteiger partial charge < -0.3 is 25.2 Å². The molecule has 2 amide bonds. The number of benzene rings is 2. The van der Waals surface area contributed by atoms with Crippen molar-refractivity contribution in [1.82, 2.24) is 14.7 Å². The van der Waals surface area contributed by atoms with E-state index in [0.717, 1.165) is 37.3 Å². The van der Waals surface area contributed by atoms with Crippen molar-refractivity contribution in [3.63, 3.8) is 0 Å². The molecule has 1 unspecified atom stereocenters. The van der Waals surface area contributed by atoms with Gasteiger partial charge in [-0.25, -0.2) is 18.3 Å². The standard InChI is InChI=1S/C13H17F2NO.C13H16N4O3/c1-17-7-6-16-5-4-11(9-16)10-2-3-12(14)13(15)8-10;1-20-8-11-10(7-18)12(15-13(14)19)17(16-11)9-5-3-2-4-6-9/h2-3,8,11H,4-7,9H2,1H3;2-6,18H,7-8H2,1H3,(H3,14,15,19). The minimum absolute atomic E-state index is 0.225. The first-order valence-corrected chi connectivity index (χ1v) is 11.9. The molecule has 4 N–H and O–H groups in total. The lowest BCUT2D eigenvalue weighted by Gasteiger charge is -2.15. The molecule has 0 spiro atoms. The maximum absolute atomic E-state index is 13.1.